The Labute approximate surface area is 171 Å². The molecule has 0 aromatic heterocycles. The molecule has 1 aromatic rings. The van der Waals surface area contributed by atoms with Crippen molar-refractivity contribution in [3.05, 3.63) is 18.2 Å². The quantitative estimate of drug-likeness (QED) is 0.394. The molecule has 1 rings (SSSR count). The fourth-order valence-electron chi connectivity index (χ4n) is 3.03. The number of hydrogen-bond acceptors (Lipinski definition) is 7. The zero-order chi connectivity index (χ0) is 21.0. The molecule has 0 unspecified atom stereocenters. The van der Waals surface area contributed by atoms with E-state index in [4.69, 9.17) is 31.3 Å². The van der Waals surface area contributed by atoms with E-state index < -0.39 is 17.6 Å². The van der Waals surface area contributed by atoms with Crippen LogP contribution in [0.5, 0.6) is 5.75 Å². The minimum absolute atomic E-state index is 0.454. The van der Waals surface area contributed by atoms with Crippen molar-refractivity contribution in [2.24, 2.45) is 0 Å². The summed E-state index contributed by atoms with van der Waals surface area (Å²) in [6.45, 7) is 14.3. The lowest BCUT2D eigenvalue weighted by molar-refractivity contribution is 0.0806. The highest BCUT2D eigenvalue weighted by molar-refractivity contribution is 6.86. The first-order valence-electron chi connectivity index (χ1n) is 10.0. The molecule has 0 N–H and O–H groups in total. The van der Waals surface area contributed by atoms with Crippen LogP contribution in [-0.2, 0) is 26.6 Å². The van der Waals surface area contributed by atoms with Gasteiger partial charge in [-0.25, -0.2) is 0 Å². The summed E-state index contributed by atoms with van der Waals surface area (Å²) in [5.41, 5.74) is 0. The van der Waals surface area contributed by atoms with Crippen molar-refractivity contribution in [3.63, 3.8) is 0 Å². The van der Waals surface area contributed by atoms with E-state index in [1.54, 1.807) is 7.11 Å². The molecule has 0 saturated heterocycles. The molecular formula is C19H36O7Si2. The highest BCUT2D eigenvalue weighted by Gasteiger charge is 2.53. The maximum atomic E-state index is 6.16. The molecule has 0 bridgehead atoms. The maximum absolute atomic E-state index is 6.16. The molecule has 0 amide bonds. The standard InChI is InChI=1S/C19H36O7Si2/c1-8-21-27(22-9-2,23-10-3)18-15-14-17(20-7)16-19(18)28(24-11-4,25-12-5)26-13-6/h14-16H,8-13H2,1-7H3. The van der Waals surface area contributed by atoms with Gasteiger partial charge in [-0.2, -0.15) is 0 Å². The molecule has 0 aliphatic rings. The number of hydrogen-bond donors (Lipinski definition) is 0. The predicted octanol–water partition coefficient (Wildman–Crippen LogP) is 2.21. The zero-order valence-corrected chi connectivity index (χ0v) is 20.3. The molecule has 0 fully saturated rings. The number of rotatable bonds is 15. The van der Waals surface area contributed by atoms with Gasteiger partial charge in [-0.15, -0.1) is 0 Å². The summed E-state index contributed by atoms with van der Waals surface area (Å²) in [5.74, 6) is 0.683. The van der Waals surface area contributed by atoms with E-state index in [1.807, 2.05) is 59.7 Å². The molecule has 0 aliphatic heterocycles. The van der Waals surface area contributed by atoms with Gasteiger partial charge in [-0.3, -0.25) is 0 Å². The van der Waals surface area contributed by atoms with E-state index in [0.717, 1.165) is 10.4 Å². The summed E-state index contributed by atoms with van der Waals surface area (Å²) in [6, 6.07) is 5.71. The van der Waals surface area contributed by atoms with Crippen molar-refractivity contribution in [1.82, 2.24) is 0 Å². The van der Waals surface area contributed by atoms with E-state index in [0.29, 0.717) is 45.4 Å². The van der Waals surface area contributed by atoms with Gasteiger partial charge in [-0.1, -0.05) is 6.07 Å². The van der Waals surface area contributed by atoms with Gasteiger partial charge in [0.1, 0.15) is 5.75 Å². The van der Waals surface area contributed by atoms with Crippen molar-refractivity contribution in [2.45, 2.75) is 41.5 Å². The van der Waals surface area contributed by atoms with Crippen LogP contribution < -0.4 is 15.1 Å². The smallest absolute Gasteiger partial charge is 0.497 e. The minimum atomic E-state index is -3.25. The van der Waals surface area contributed by atoms with Crippen molar-refractivity contribution >= 4 is 28.0 Å². The zero-order valence-electron chi connectivity index (χ0n) is 18.3. The first-order valence-corrected chi connectivity index (χ1v) is 13.5. The van der Waals surface area contributed by atoms with Gasteiger partial charge >= 0.3 is 17.6 Å². The largest absolute Gasteiger partial charge is 0.537 e. The van der Waals surface area contributed by atoms with Gasteiger partial charge in [0.25, 0.3) is 0 Å². The van der Waals surface area contributed by atoms with Crippen molar-refractivity contribution in [1.29, 1.82) is 0 Å². The van der Waals surface area contributed by atoms with Gasteiger partial charge in [0.05, 0.1) is 7.11 Å². The molecule has 1 aromatic carbocycles. The highest BCUT2D eigenvalue weighted by atomic mass is 28.4. The summed E-state index contributed by atoms with van der Waals surface area (Å²) in [7, 11) is -4.83. The van der Waals surface area contributed by atoms with Crippen molar-refractivity contribution < 1.29 is 31.3 Å². The Morgan fingerprint density at radius 3 is 1.25 bits per heavy atom. The van der Waals surface area contributed by atoms with Crippen LogP contribution in [-0.4, -0.2) is 64.4 Å². The minimum Gasteiger partial charge on any atom is -0.497 e. The van der Waals surface area contributed by atoms with Gasteiger partial charge in [-0.05, 0) is 53.7 Å². The highest BCUT2D eigenvalue weighted by Crippen LogP contribution is 2.19. The van der Waals surface area contributed by atoms with Crippen LogP contribution >= 0.6 is 0 Å². The van der Waals surface area contributed by atoms with Crippen LogP contribution in [0.4, 0.5) is 0 Å². The predicted molar refractivity (Wildman–Crippen MR) is 114 cm³/mol. The van der Waals surface area contributed by atoms with E-state index in [2.05, 4.69) is 0 Å². The molecule has 0 saturated carbocycles. The van der Waals surface area contributed by atoms with Crippen molar-refractivity contribution in [3.8, 4) is 5.75 Å². The van der Waals surface area contributed by atoms with Crippen LogP contribution in [0.15, 0.2) is 18.2 Å². The monoisotopic (exact) mass is 432 g/mol. The van der Waals surface area contributed by atoms with Gasteiger partial charge in [0.15, 0.2) is 0 Å². The summed E-state index contributed by atoms with van der Waals surface area (Å²) < 4.78 is 42.4. The number of benzene rings is 1. The molecular weight excluding hydrogens is 396 g/mol. The molecule has 9 heteroatoms. The fourth-order valence-corrected chi connectivity index (χ4v) is 9.08. The average Bonchev–Trinajstić information content (AvgIpc) is 2.68. The molecule has 7 nitrogen and oxygen atoms in total. The molecule has 0 heterocycles. The van der Waals surface area contributed by atoms with Crippen molar-refractivity contribution in [2.75, 3.05) is 46.8 Å². The summed E-state index contributed by atoms with van der Waals surface area (Å²) >= 11 is 0. The topological polar surface area (TPSA) is 64.6 Å². The van der Waals surface area contributed by atoms with Crippen LogP contribution in [0.25, 0.3) is 0 Å². The van der Waals surface area contributed by atoms with Gasteiger partial charge in [0, 0.05) is 50.0 Å². The normalized spacial score (nSPS) is 12.4. The van der Waals surface area contributed by atoms with E-state index in [-0.39, 0.29) is 0 Å². The Balaban J connectivity index is 3.78. The van der Waals surface area contributed by atoms with E-state index in [1.165, 1.54) is 0 Å². The van der Waals surface area contributed by atoms with Gasteiger partial charge in [0.2, 0.25) is 0 Å². The molecule has 0 aliphatic carbocycles. The first-order chi connectivity index (χ1) is 13.5. The molecule has 162 valence electrons. The first kappa shape index (κ1) is 25.3. The summed E-state index contributed by atoms with van der Waals surface area (Å²) in [4.78, 5) is 0. The summed E-state index contributed by atoms with van der Waals surface area (Å²) in [6.07, 6.45) is 0. The fraction of sp³-hybridized carbons (Fsp3) is 0.684. The third-order valence-electron chi connectivity index (χ3n) is 3.89. The molecule has 0 atom stereocenters. The second-order valence-electron chi connectivity index (χ2n) is 5.62. The lowest BCUT2D eigenvalue weighted by atomic mass is 10.3. The Kier molecular flexibility index (Phi) is 11.5. The Bertz CT molecular complexity index is 537. The third-order valence-corrected chi connectivity index (χ3v) is 10.3. The number of methoxy groups -OCH3 is 1. The Hall–Kier alpha value is -0.786. The summed E-state index contributed by atoms with van der Waals surface area (Å²) in [5, 5.41) is 1.58. The molecule has 0 radical (unpaired) electrons. The van der Waals surface area contributed by atoms with E-state index in [9.17, 15) is 0 Å². The lowest BCUT2D eigenvalue weighted by Crippen LogP contribution is -2.70. The van der Waals surface area contributed by atoms with Crippen LogP contribution in [0.1, 0.15) is 41.5 Å². The Morgan fingerprint density at radius 2 is 0.929 bits per heavy atom. The van der Waals surface area contributed by atoms with Crippen LogP contribution in [0, 0.1) is 0 Å². The lowest BCUT2D eigenvalue weighted by Gasteiger charge is -2.35. The average molecular weight is 433 g/mol. The van der Waals surface area contributed by atoms with E-state index >= 15 is 0 Å². The SMILES string of the molecule is CCO[Si](OCC)(OCC)c1ccc(OC)cc1[Si](OCC)(OCC)OCC. The second-order valence-corrected chi connectivity index (χ2v) is 10.7. The number of ether oxygens (including phenoxy) is 1. The van der Waals surface area contributed by atoms with Crippen LogP contribution in [0.3, 0.4) is 0 Å². The van der Waals surface area contributed by atoms with Crippen LogP contribution in [0.2, 0.25) is 0 Å². The third kappa shape index (κ3) is 5.86. The second kappa shape index (κ2) is 12.7. The van der Waals surface area contributed by atoms with Gasteiger partial charge < -0.3 is 31.3 Å². The molecule has 28 heavy (non-hydrogen) atoms. The Morgan fingerprint density at radius 1 is 0.571 bits per heavy atom. The molecule has 0 spiro atoms. The maximum Gasteiger partial charge on any atom is 0.537 e.